The summed E-state index contributed by atoms with van der Waals surface area (Å²) in [6.07, 6.45) is -6.17. The van der Waals surface area contributed by atoms with Gasteiger partial charge in [-0.25, -0.2) is 0 Å². The highest BCUT2D eigenvalue weighted by Gasteiger charge is 2.58. The maximum Gasteiger partial charge on any atom is 0.270 e. The largest absolute Gasteiger partial charge is 0.496 e. The summed E-state index contributed by atoms with van der Waals surface area (Å²) in [6, 6.07) is 34.2. The van der Waals surface area contributed by atoms with Gasteiger partial charge >= 0.3 is 0 Å². The summed E-state index contributed by atoms with van der Waals surface area (Å²) in [6.45, 7) is -0.608. The van der Waals surface area contributed by atoms with E-state index in [9.17, 15) is 20.4 Å². The second kappa shape index (κ2) is 11.6. The molecule has 0 saturated carbocycles. The molecule has 1 fully saturated rings. The molecule has 0 bridgehead atoms. The van der Waals surface area contributed by atoms with Gasteiger partial charge in [-0.05, 0) is 29.3 Å². The van der Waals surface area contributed by atoms with Gasteiger partial charge in [0.15, 0.2) is 6.10 Å². The highest BCUT2D eigenvalue weighted by molar-refractivity contribution is 5.50. The number of hydrogen-bond donors (Lipinski definition) is 4. The van der Waals surface area contributed by atoms with Crippen LogP contribution in [0.5, 0.6) is 11.5 Å². The van der Waals surface area contributed by atoms with Crippen LogP contribution in [-0.2, 0) is 10.5 Å². The number of aliphatic hydroxyl groups is 4. The van der Waals surface area contributed by atoms with Crippen LogP contribution in [0.3, 0.4) is 0 Å². The molecule has 4 N–H and O–H groups in total. The van der Waals surface area contributed by atoms with Gasteiger partial charge < -0.3 is 34.6 Å². The van der Waals surface area contributed by atoms with Crippen molar-refractivity contribution in [2.75, 3.05) is 13.7 Å². The van der Waals surface area contributed by atoms with Crippen LogP contribution in [0.1, 0.15) is 28.2 Å². The van der Waals surface area contributed by atoms with Gasteiger partial charge in [-0.1, -0.05) is 91.0 Å². The molecule has 0 unspecified atom stereocenters. The molecule has 1 heterocycles. The van der Waals surface area contributed by atoms with Crippen LogP contribution < -0.4 is 9.47 Å². The van der Waals surface area contributed by atoms with Gasteiger partial charge in [0, 0.05) is 11.5 Å². The lowest BCUT2D eigenvalue weighted by Gasteiger charge is -2.48. The van der Waals surface area contributed by atoms with E-state index >= 15 is 0 Å². The zero-order valence-electron chi connectivity index (χ0n) is 21.5. The van der Waals surface area contributed by atoms with E-state index in [1.807, 2.05) is 78.9 Å². The van der Waals surface area contributed by atoms with Gasteiger partial charge in [0.25, 0.3) is 5.79 Å². The average molecular weight is 529 g/mol. The Balaban J connectivity index is 1.70. The van der Waals surface area contributed by atoms with Crippen molar-refractivity contribution >= 4 is 0 Å². The summed E-state index contributed by atoms with van der Waals surface area (Å²) in [5.41, 5.74) is 3.15. The van der Waals surface area contributed by atoms with Crippen molar-refractivity contribution in [2.45, 2.75) is 36.1 Å². The SMILES string of the molecule is COc1ccccc1[C@]1(Oc2ccccc2C(c2ccccc2)c2ccccc2)O[C@H](CO)[C@H](O)[C@H](O)[C@H]1O. The smallest absolute Gasteiger partial charge is 0.270 e. The molecule has 39 heavy (non-hydrogen) atoms. The fraction of sp³-hybridized carbons (Fsp3) is 0.250. The maximum atomic E-state index is 11.5. The first kappa shape index (κ1) is 26.9. The molecular weight excluding hydrogens is 496 g/mol. The standard InChI is InChI=1S/C32H32O7/c1-37-26-19-11-9-17-24(26)32(31(36)30(35)29(34)27(20-33)39-32)38-25-18-10-8-16-23(25)28(21-12-4-2-5-13-21)22-14-6-3-7-15-22/h2-19,27-31,33-36H,20H2,1H3/t27-,29+,30+,31-,32+/m1/s1. The van der Waals surface area contributed by atoms with Gasteiger partial charge in [0.05, 0.1) is 19.3 Å². The highest BCUT2D eigenvalue weighted by atomic mass is 16.7. The number of para-hydroxylation sites is 2. The molecule has 4 aromatic carbocycles. The lowest BCUT2D eigenvalue weighted by atomic mass is 9.84. The molecule has 0 aliphatic carbocycles. The topological polar surface area (TPSA) is 109 Å². The molecule has 1 aliphatic heterocycles. The maximum absolute atomic E-state index is 11.5. The number of aliphatic hydroxyl groups excluding tert-OH is 4. The Morgan fingerprint density at radius 1 is 0.718 bits per heavy atom. The third kappa shape index (κ3) is 5.03. The number of benzene rings is 4. The summed E-state index contributed by atoms with van der Waals surface area (Å²) in [5.74, 6) is -1.52. The molecule has 202 valence electrons. The van der Waals surface area contributed by atoms with E-state index in [1.54, 1.807) is 30.3 Å². The van der Waals surface area contributed by atoms with Gasteiger partial charge in [-0.15, -0.1) is 0 Å². The van der Waals surface area contributed by atoms with Gasteiger partial charge in [-0.2, -0.15) is 0 Å². The van der Waals surface area contributed by atoms with Crippen molar-refractivity contribution in [2.24, 2.45) is 0 Å². The summed E-state index contributed by atoms with van der Waals surface area (Å²) in [7, 11) is 1.48. The van der Waals surface area contributed by atoms with Crippen molar-refractivity contribution in [3.05, 3.63) is 131 Å². The van der Waals surface area contributed by atoms with E-state index in [4.69, 9.17) is 14.2 Å². The summed E-state index contributed by atoms with van der Waals surface area (Å²) in [4.78, 5) is 0. The van der Waals surface area contributed by atoms with Gasteiger partial charge in [-0.3, -0.25) is 0 Å². The minimum absolute atomic E-state index is 0.233. The minimum Gasteiger partial charge on any atom is -0.496 e. The molecule has 7 heteroatoms. The first-order valence-corrected chi connectivity index (χ1v) is 12.8. The van der Waals surface area contributed by atoms with Crippen molar-refractivity contribution < 1.29 is 34.6 Å². The quantitative estimate of drug-likeness (QED) is 0.259. The Hall–Kier alpha value is -3.72. The third-order valence-electron chi connectivity index (χ3n) is 7.19. The molecule has 0 radical (unpaired) electrons. The number of methoxy groups -OCH3 is 1. The second-order valence-electron chi connectivity index (χ2n) is 9.53. The zero-order valence-corrected chi connectivity index (χ0v) is 21.5. The molecule has 1 aliphatic rings. The van der Waals surface area contributed by atoms with Crippen molar-refractivity contribution in [3.63, 3.8) is 0 Å². The van der Waals surface area contributed by atoms with E-state index in [1.165, 1.54) is 7.11 Å². The fourth-order valence-corrected chi connectivity index (χ4v) is 5.25. The predicted octanol–water partition coefficient (Wildman–Crippen LogP) is 3.58. The van der Waals surface area contributed by atoms with Crippen LogP contribution >= 0.6 is 0 Å². The normalized spacial score (nSPS) is 24.9. The van der Waals surface area contributed by atoms with E-state index in [0.29, 0.717) is 17.1 Å². The Morgan fingerprint density at radius 2 is 1.26 bits per heavy atom. The van der Waals surface area contributed by atoms with Crippen molar-refractivity contribution in [1.29, 1.82) is 0 Å². The first-order valence-electron chi connectivity index (χ1n) is 12.8. The van der Waals surface area contributed by atoms with E-state index in [-0.39, 0.29) is 5.92 Å². The van der Waals surface area contributed by atoms with Crippen LogP contribution in [0, 0.1) is 0 Å². The molecule has 7 nitrogen and oxygen atoms in total. The number of ether oxygens (including phenoxy) is 3. The monoisotopic (exact) mass is 528 g/mol. The molecule has 0 amide bonds. The van der Waals surface area contributed by atoms with Crippen LogP contribution in [0.25, 0.3) is 0 Å². The lowest BCUT2D eigenvalue weighted by molar-refractivity contribution is -0.346. The van der Waals surface area contributed by atoms with Crippen molar-refractivity contribution in [1.82, 2.24) is 0 Å². The highest BCUT2D eigenvalue weighted by Crippen LogP contribution is 2.46. The van der Waals surface area contributed by atoms with Crippen LogP contribution in [0.15, 0.2) is 109 Å². The van der Waals surface area contributed by atoms with E-state index < -0.39 is 36.8 Å². The number of hydrogen-bond acceptors (Lipinski definition) is 7. The number of rotatable bonds is 8. The second-order valence-corrected chi connectivity index (χ2v) is 9.53. The molecule has 0 aromatic heterocycles. The minimum atomic E-state index is -2.02. The summed E-state index contributed by atoms with van der Waals surface area (Å²) in [5, 5.41) is 42.9. The van der Waals surface area contributed by atoms with Crippen LogP contribution in [0.2, 0.25) is 0 Å². The molecular formula is C32H32O7. The van der Waals surface area contributed by atoms with Crippen molar-refractivity contribution in [3.8, 4) is 11.5 Å². The fourth-order valence-electron chi connectivity index (χ4n) is 5.25. The third-order valence-corrected chi connectivity index (χ3v) is 7.19. The summed E-state index contributed by atoms with van der Waals surface area (Å²) < 4.78 is 18.4. The average Bonchev–Trinajstić information content (AvgIpc) is 2.99. The zero-order chi connectivity index (χ0) is 27.4. The summed E-state index contributed by atoms with van der Waals surface area (Å²) >= 11 is 0. The van der Waals surface area contributed by atoms with Crippen LogP contribution in [-0.4, -0.2) is 58.6 Å². The van der Waals surface area contributed by atoms with E-state index in [0.717, 1.165) is 16.7 Å². The molecule has 0 spiro atoms. The Labute approximate surface area is 227 Å². The molecule has 5 rings (SSSR count). The lowest BCUT2D eigenvalue weighted by Crippen LogP contribution is -2.65. The first-order chi connectivity index (χ1) is 19.0. The van der Waals surface area contributed by atoms with Gasteiger partial charge in [0.2, 0.25) is 0 Å². The molecule has 5 atom stereocenters. The Morgan fingerprint density at radius 3 is 1.85 bits per heavy atom. The van der Waals surface area contributed by atoms with Crippen LogP contribution in [0.4, 0.5) is 0 Å². The molecule has 4 aromatic rings. The van der Waals surface area contributed by atoms with Gasteiger partial charge in [0.1, 0.15) is 29.8 Å². The molecule has 1 saturated heterocycles. The Kier molecular flexibility index (Phi) is 7.97. The van der Waals surface area contributed by atoms with E-state index in [2.05, 4.69) is 0 Å². The Bertz CT molecular complexity index is 1320. The predicted molar refractivity (Wildman–Crippen MR) is 146 cm³/mol.